The first kappa shape index (κ1) is 13.7. The summed E-state index contributed by atoms with van der Waals surface area (Å²) in [6.07, 6.45) is 2.44. The summed E-state index contributed by atoms with van der Waals surface area (Å²) in [6, 6.07) is 5.92. The van der Waals surface area contributed by atoms with E-state index in [0.29, 0.717) is 11.4 Å². The number of anilines is 3. The lowest BCUT2D eigenvalue weighted by Gasteiger charge is -2.27. The van der Waals surface area contributed by atoms with Gasteiger partial charge in [0, 0.05) is 18.8 Å². The van der Waals surface area contributed by atoms with Crippen LogP contribution < -0.4 is 16.4 Å². The van der Waals surface area contributed by atoms with Crippen LogP contribution in [0.4, 0.5) is 17.1 Å². The van der Waals surface area contributed by atoms with Crippen LogP contribution in [0.15, 0.2) is 18.2 Å². The van der Waals surface area contributed by atoms with Crippen molar-refractivity contribution in [2.24, 2.45) is 5.92 Å². The van der Waals surface area contributed by atoms with E-state index >= 15 is 0 Å². The molecule has 3 nitrogen and oxygen atoms in total. The Kier molecular flexibility index (Phi) is 5.13. The quantitative estimate of drug-likeness (QED) is 0.745. The maximum Gasteiger partial charge on any atom is 0.0568 e. The van der Waals surface area contributed by atoms with Crippen molar-refractivity contribution >= 4 is 17.1 Å². The number of nitrogens with zero attached hydrogens (tertiary/aromatic N) is 1. The van der Waals surface area contributed by atoms with Crippen LogP contribution in [0.2, 0.25) is 0 Å². The molecule has 0 bridgehead atoms. The zero-order valence-electron chi connectivity index (χ0n) is 11.2. The molecule has 0 aromatic heterocycles. The summed E-state index contributed by atoms with van der Waals surface area (Å²) in [5.41, 5.74) is 14.1. The minimum atomic E-state index is 0.660. The number of hydrogen-bond donors (Lipinski definition) is 2. The standard InChI is InChI=1S/C14H25N3/c1-4-11(5-2)10-17(6-3)12-7-8-13(15)14(16)9-12/h7-9,11H,4-6,10,15-16H2,1-3H3. The maximum absolute atomic E-state index is 5.86. The summed E-state index contributed by atoms with van der Waals surface area (Å²) in [6.45, 7) is 8.76. The predicted molar refractivity (Wildman–Crippen MR) is 77.2 cm³/mol. The molecule has 0 unspecified atom stereocenters. The van der Waals surface area contributed by atoms with E-state index in [-0.39, 0.29) is 0 Å². The molecular weight excluding hydrogens is 210 g/mol. The Hall–Kier alpha value is -1.38. The van der Waals surface area contributed by atoms with Gasteiger partial charge in [0.05, 0.1) is 11.4 Å². The maximum atomic E-state index is 5.86. The van der Waals surface area contributed by atoms with Crippen LogP contribution in [0, 0.1) is 5.92 Å². The molecule has 1 aromatic carbocycles. The highest BCUT2D eigenvalue weighted by atomic mass is 15.1. The van der Waals surface area contributed by atoms with Gasteiger partial charge in [0.25, 0.3) is 0 Å². The molecule has 0 aliphatic rings. The Morgan fingerprint density at radius 3 is 2.18 bits per heavy atom. The van der Waals surface area contributed by atoms with E-state index in [0.717, 1.165) is 19.0 Å². The molecular formula is C14H25N3. The van der Waals surface area contributed by atoms with Crippen molar-refractivity contribution in [2.45, 2.75) is 33.6 Å². The molecule has 0 amide bonds. The molecule has 96 valence electrons. The lowest BCUT2D eigenvalue weighted by molar-refractivity contribution is 0.486. The summed E-state index contributed by atoms with van der Waals surface area (Å²) < 4.78 is 0. The fourth-order valence-electron chi connectivity index (χ4n) is 2.03. The van der Waals surface area contributed by atoms with E-state index in [2.05, 4.69) is 31.7 Å². The fourth-order valence-corrected chi connectivity index (χ4v) is 2.03. The average molecular weight is 235 g/mol. The topological polar surface area (TPSA) is 55.3 Å². The summed E-state index contributed by atoms with van der Waals surface area (Å²) >= 11 is 0. The first-order valence-corrected chi connectivity index (χ1v) is 6.52. The van der Waals surface area contributed by atoms with Crippen LogP contribution in [0.5, 0.6) is 0 Å². The second-order valence-corrected chi connectivity index (χ2v) is 4.53. The van der Waals surface area contributed by atoms with Gasteiger partial charge in [-0.25, -0.2) is 0 Å². The second-order valence-electron chi connectivity index (χ2n) is 4.53. The number of rotatable bonds is 6. The van der Waals surface area contributed by atoms with Crippen LogP contribution in [0.1, 0.15) is 33.6 Å². The van der Waals surface area contributed by atoms with Crippen molar-refractivity contribution in [1.29, 1.82) is 0 Å². The van der Waals surface area contributed by atoms with Gasteiger partial charge in [-0.1, -0.05) is 26.7 Å². The summed E-state index contributed by atoms with van der Waals surface area (Å²) in [4.78, 5) is 2.37. The van der Waals surface area contributed by atoms with Gasteiger partial charge in [0.2, 0.25) is 0 Å². The third kappa shape index (κ3) is 3.55. The molecule has 0 saturated carbocycles. The molecule has 0 radical (unpaired) electrons. The number of hydrogen-bond acceptors (Lipinski definition) is 3. The van der Waals surface area contributed by atoms with E-state index in [1.807, 2.05) is 12.1 Å². The second kappa shape index (κ2) is 6.38. The highest BCUT2D eigenvalue weighted by molar-refractivity contribution is 5.69. The Labute approximate surface area is 105 Å². The smallest absolute Gasteiger partial charge is 0.0568 e. The molecule has 1 rings (SSSR count). The SMILES string of the molecule is CCC(CC)CN(CC)c1ccc(N)c(N)c1. The molecule has 0 saturated heterocycles. The monoisotopic (exact) mass is 235 g/mol. The lowest BCUT2D eigenvalue weighted by Crippen LogP contribution is -2.29. The highest BCUT2D eigenvalue weighted by Gasteiger charge is 2.11. The van der Waals surface area contributed by atoms with Crippen molar-refractivity contribution in [3.05, 3.63) is 18.2 Å². The van der Waals surface area contributed by atoms with E-state index in [4.69, 9.17) is 11.5 Å². The van der Waals surface area contributed by atoms with Gasteiger partial charge >= 0.3 is 0 Å². The van der Waals surface area contributed by atoms with E-state index in [9.17, 15) is 0 Å². The normalized spacial score (nSPS) is 10.8. The first-order chi connectivity index (χ1) is 8.12. The van der Waals surface area contributed by atoms with Crippen LogP contribution >= 0.6 is 0 Å². The van der Waals surface area contributed by atoms with Crippen LogP contribution in [-0.4, -0.2) is 13.1 Å². The Bertz CT molecular complexity index is 345. The Morgan fingerprint density at radius 1 is 1.06 bits per heavy atom. The number of benzene rings is 1. The lowest BCUT2D eigenvalue weighted by atomic mass is 10.0. The minimum absolute atomic E-state index is 0.660. The number of nitrogens with two attached hydrogens (primary N) is 2. The molecule has 4 N–H and O–H groups in total. The zero-order valence-corrected chi connectivity index (χ0v) is 11.2. The Balaban J connectivity index is 2.82. The Morgan fingerprint density at radius 2 is 1.71 bits per heavy atom. The van der Waals surface area contributed by atoms with E-state index in [1.165, 1.54) is 18.5 Å². The van der Waals surface area contributed by atoms with Crippen LogP contribution in [-0.2, 0) is 0 Å². The van der Waals surface area contributed by atoms with Crippen molar-refractivity contribution < 1.29 is 0 Å². The van der Waals surface area contributed by atoms with E-state index in [1.54, 1.807) is 0 Å². The van der Waals surface area contributed by atoms with Crippen molar-refractivity contribution in [3.8, 4) is 0 Å². The van der Waals surface area contributed by atoms with E-state index < -0.39 is 0 Å². The molecule has 0 aliphatic heterocycles. The third-order valence-electron chi connectivity index (χ3n) is 3.45. The van der Waals surface area contributed by atoms with Gasteiger partial charge in [-0.05, 0) is 31.0 Å². The highest BCUT2D eigenvalue weighted by Crippen LogP contribution is 2.24. The van der Waals surface area contributed by atoms with Crippen LogP contribution in [0.25, 0.3) is 0 Å². The van der Waals surface area contributed by atoms with Gasteiger partial charge in [0.15, 0.2) is 0 Å². The van der Waals surface area contributed by atoms with Crippen molar-refractivity contribution in [2.75, 3.05) is 29.5 Å². The van der Waals surface area contributed by atoms with Crippen molar-refractivity contribution in [1.82, 2.24) is 0 Å². The van der Waals surface area contributed by atoms with Crippen molar-refractivity contribution in [3.63, 3.8) is 0 Å². The average Bonchev–Trinajstić information content (AvgIpc) is 2.35. The molecule has 0 heterocycles. The molecule has 0 aliphatic carbocycles. The van der Waals surface area contributed by atoms with Gasteiger partial charge in [0.1, 0.15) is 0 Å². The van der Waals surface area contributed by atoms with Gasteiger partial charge in [-0.2, -0.15) is 0 Å². The van der Waals surface area contributed by atoms with Gasteiger partial charge < -0.3 is 16.4 Å². The summed E-state index contributed by atoms with van der Waals surface area (Å²) in [5.74, 6) is 0.744. The zero-order chi connectivity index (χ0) is 12.8. The molecule has 1 aromatic rings. The molecule has 17 heavy (non-hydrogen) atoms. The fraction of sp³-hybridized carbons (Fsp3) is 0.571. The largest absolute Gasteiger partial charge is 0.397 e. The molecule has 0 fully saturated rings. The molecule has 0 spiro atoms. The number of nitrogen functional groups attached to an aromatic ring is 2. The summed E-state index contributed by atoms with van der Waals surface area (Å²) in [7, 11) is 0. The van der Waals surface area contributed by atoms with Gasteiger partial charge in [-0.3, -0.25) is 0 Å². The third-order valence-corrected chi connectivity index (χ3v) is 3.45. The predicted octanol–water partition coefficient (Wildman–Crippen LogP) is 3.11. The first-order valence-electron chi connectivity index (χ1n) is 6.52. The molecule has 0 atom stereocenters. The van der Waals surface area contributed by atoms with Gasteiger partial charge in [-0.15, -0.1) is 0 Å². The summed E-state index contributed by atoms with van der Waals surface area (Å²) in [5, 5.41) is 0. The molecule has 3 heteroatoms. The minimum Gasteiger partial charge on any atom is -0.397 e. The van der Waals surface area contributed by atoms with Crippen LogP contribution in [0.3, 0.4) is 0 Å².